The molecule has 0 saturated carbocycles. The zero-order chi connectivity index (χ0) is 10.1. The van der Waals surface area contributed by atoms with Gasteiger partial charge in [0.1, 0.15) is 5.69 Å². The Morgan fingerprint density at radius 1 is 1.57 bits per heavy atom. The van der Waals surface area contributed by atoms with E-state index >= 15 is 0 Å². The molecule has 0 atom stereocenters. The highest BCUT2D eigenvalue weighted by molar-refractivity contribution is 5.96. The Morgan fingerprint density at radius 2 is 2.36 bits per heavy atom. The largest absolute Gasteiger partial charge is 0.409 e. The van der Waals surface area contributed by atoms with Gasteiger partial charge >= 0.3 is 0 Å². The molecule has 0 fully saturated rings. The lowest BCUT2D eigenvalue weighted by molar-refractivity contribution is 0.318. The van der Waals surface area contributed by atoms with Gasteiger partial charge in [-0.2, -0.15) is 5.10 Å². The number of hydrogen-bond donors (Lipinski definition) is 2. The molecule has 0 aliphatic rings. The molecule has 2 rings (SSSR count). The molecule has 2 aromatic rings. The lowest BCUT2D eigenvalue weighted by atomic mass is 10.2. The summed E-state index contributed by atoms with van der Waals surface area (Å²) in [4.78, 5) is 0. The molecule has 5 heteroatoms. The molecule has 0 spiro atoms. The molecule has 0 aliphatic heterocycles. The Labute approximate surface area is 80.5 Å². The molecule has 0 bridgehead atoms. The minimum Gasteiger partial charge on any atom is -0.409 e. The van der Waals surface area contributed by atoms with Gasteiger partial charge < -0.3 is 10.9 Å². The molecule has 2 aromatic heterocycles. The Balaban J connectivity index is 2.62. The van der Waals surface area contributed by atoms with Gasteiger partial charge in [0, 0.05) is 6.20 Å². The molecule has 0 radical (unpaired) electrons. The van der Waals surface area contributed by atoms with E-state index in [0.717, 1.165) is 11.1 Å². The maximum atomic E-state index is 8.48. The number of oxime groups is 1. The van der Waals surface area contributed by atoms with Crippen LogP contribution < -0.4 is 5.73 Å². The van der Waals surface area contributed by atoms with Crippen molar-refractivity contribution in [3.05, 3.63) is 35.7 Å². The molecule has 5 nitrogen and oxygen atoms in total. The summed E-state index contributed by atoms with van der Waals surface area (Å²) < 4.78 is 1.68. The third kappa shape index (κ3) is 1.28. The van der Waals surface area contributed by atoms with Crippen molar-refractivity contribution in [1.29, 1.82) is 0 Å². The third-order valence-electron chi connectivity index (χ3n) is 1.99. The first-order valence-corrected chi connectivity index (χ1v) is 4.14. The summed E-state index contributed by atoms with van der Waals surface area (Å²) >= 11 is 0. The first-order valence-electron chi connectivity index (χ1n) is 4.14. The molecule has 2 heterocycles. The third-order valence-corrected chi connectivity index (χ3v) is 1.99. The predicted molar refractivity (Wildman–Crippen MR) is 52.4 cm³/mol. The SMILES string of the molecule is Cc1ccn2nc(/C(N)=N\O)cc2c1. The van der Waals surface area contributed by atoms with Crippen LogP contribution in [-0.2, 0) is 0 Å². The van der Waals surface area contributed by atoms with E-state index in [1.54, 1.807) is 10.6 Å². The number of nitrogens with two attached hydrogens (primary N) is 1. The van der Waals surface area contributed by atoms with E-state index in [1.807, 2.05) is 25.3 Å². The fraction of sp³-hybridized carbons (Fsp3) is 0.111. The van der Waals surface area contributed by atoms with Gasteiger partial charge in [-0.15, -0.1) is 0 Å². The van der Waals surface area contributed by atoms with Crippen LogP contribution in [0.1, 0.15) is 11.3 Å². The molecule has 0 aromatic carbocycles. The van der Waals surface area contributed by atoms with E-state index in [-0.39, 0.29) is 5.84 Å². The van der Waals surface area contributed by atoms with E-state index in [0.29, 0.717) is 5.69 Å². The standard InChI is InChI=1S/C9H10N4O/c1-6-2-3-13-7(4-6)5-8(11-13)9(10)12-14/h2-5,14H,1H3,(H2,10,12). The maximum Gasteiger partial charge on any atom is 0.190 e. The Kier molecular flexibility index (Phi) is 1.85. The average Bonchev–Trinajstić information content (AvgIpc) is 2.59. The molecular weight excluding hydrogens is 180 g/mol. The number of hydrogen-bond acceptors (Lipinski definition) is 3. The summed E-state index contributed by atoms with van der Waals surface area (Å²) in [6.45, 7) is 2.00. The number of nitrogens with zero attached hydrogens (tertiary/aromatic N) is 3. The number of amidine groups is 1. The quantitative estimate of drug-likeness (QED) is 0.301. The van der Waals surface area contributed by atoms with Gasteiger partial charge in [-0.05, 0) is 30.7 Å². The molecule has 3 N–H and O–H groups in total. The van der Waals surface area contributed by atoms with Crippen LogP contribution in [0.4, 0.5) is 0 Å². The van der Waals surface area contributed by atoms with Crippen LogP contribution >= 0.6 is 0 Å². The summed E-state index contributed by atoms with van der Waals surface area (Å²) in [6.07, 6.45) is 1.83. The highest BCUT2D eigenvalue weighted by atomic mass is 16.4. The molecule has 0 aliphatic carbocycles. The second-order valence-electron chi connectivity index (χ2n) is 3.09. The van der Waals surface area contributed by atoms with Crippen LogP contribution in [0.3, 0.4) is 0 Å². The lowest BCUT2D eigenvalue weighted by Crippen LogP contribution is -2.13. The van der Waals surface area contributed by atoms with Crippen molar-refractivity contribution in [3.8, 4) is 0 Å². The second-order valence-corrected chi connectivity index (χ2v) is 3.09. The molecule has 0 unspecified atom stereocenters. The van der Waals surface area contributed by atoms with Crippen molar-refractivity contribution in [2.45, 2.75) is 6.92 Å². The maximum absolute atomic E-state index is 8.48. The summed E-state index contributed by atoms with van der Waals surface area (Å²) in [5, 5.41) is 15.5. The van der Waals surface area contributed by atoms with Crippen LogP contribution in [0.15, 0.2) is 29.6 Å². The molecule has 72 valence electrons. The normalized spacial score (nSPS) is 12.2. The summed E-state index contributed by atoms with van der Waals surface area (Å²) in [6, 6.07) is 5.68. The van der Waals surface area contributed by atoms with Crippen molar-refractivity contribution < 1.29 is 5.21 Å². The van der Waals surface area contributed by atoms with Gasteiger partial charge in [-0.25, -0.2) is 4.52 Å². The molecule has 14 heavy (non-hydrogen) atoms. The van der Waals surface area contributed by atoms with E-state index in [9.17, 15) is 0 Å². The van der Waals surface area contributed by atoms with Crippen LogP contribution in [-0.4, -0.2) is 20.7 Å². The van der Waals surface area contributed by atoms with Crippen LogP contribution in [0, 0.1) is 6.92 Å². The topological polar surface area (TPSA) is 75.9 Å². The van der Waals surface area contributed by atoms with Crippen molar-refractivity contribution in [2.75, 3.05) is 0 Å². The first-order chi connectivity index (χ1) is 6.70. The fourth-order valence-corrected chi connectivity index (χ4v) is 1.28. The number of pyridine rings is 1. The Hall–Kier alpha value is -2.04. The first kappa shape index (κ1) is 8.55. The molecular formula is C9H10N4O. The van der Waals surface area contributed by atoms with Gasteiger partial charge in [0.2, 0.25) is 0 Å². The number of aromatic nitrogens is 2. The predicted octanol–water partition coefficient (Wildman–Crippen LogP) is 0.737. The minimum absolute atomic E-state index is 0.0198. The number of aryl methyl sites for hydroxylation is 1. The van der Waals surface area contributed by atoms with Crippen LogP contribution in [0.25, 0.3) is 5.52 Å². The van der Waals surface area contributed by atoms with Crippen molar-refractivity contribution in [2.24, 2.45) is 10.9 Å². The second kappa shape index (κ2) is 3.02. The fourth-order valence-electron chi connectivity index (χ4n) is 1.28. The van der Waals surface area contributed by atoms with Crippen molar-refractivity contribution >= 4 is 11.4 Å². The van der Waals surface area contributed by atoms with Gasteiger partial charge in [0.05, 0.1) is 5.52 Å². The Morgan fingerprint density at radius 3 is 3.07 bits per heavy atom. The summed E-state index contributed by atoms with van der Waals surface area (Å²) in [5.74, 6) is 0.0198. The van der Waals surface area contributed by atoms with E-state index in [4.69, 9.17) is 10.9 Å². The van der Waals surface area contributed by atoms with Crippen molar-refractivity contribution in [3.63, 3.8) is 0 Å². The summed E-state index contributed by atoms with van der Waals surface area (Å²) in [7, 11) is 0. The van der Waals surface area contributed by atoms with Crippen molar-refractivity contribution in [1.82, 2.24) is 9.61 Å². The zero-order valence-electron chi connectivity index (χ0n) is 7.68. The highest BCUT2D eigenvalue weighted by Gasteiger charge is 2.05. The smallest absolute Gasteiger partial charge is 0.190 e. The number of fused-ring (bicyclic) bond motifs is 1. The average molecular weight is 190 g/mol. The Bertz CT molecular complexity index is 500. The van der Waals surface area contributed by atoms with Gasteiger partial charge in [-0.3, -0.25) is 0 Å². The number of rotatable bonds is 1. The lowest BCUT2D eigenvalue weighted by Gasteiger charge is -1.92. The molecule has 0 amide bonds. The van der Waals surface area contributed by atoms with Gasteiger partial charge in [0.15, 0.2) is 5.84 Å². The zero-order valence-corrected chi connectivity index (χ0v) is 7.68. The van der Waals surface area contributed by atoms with E-state index < -0.39 is 0 Å². The van der Waals surface area contributed by atoms with Crippen LogP contribution in [0.2, 0.25) is 0 Å². The summed E-state index contributed by atoms with van der Waals surface area (Å²) in [5.41, 5.74) is 7.96. The monoisotopic (exact) mass is 190 g/mol. The van der Waals surface area contributed by atoms with Gasteiger partial charge in [0.25, 0.3) is 0 Å². The van der Waals surface area contributed by atoms with E-state index in [2.05, 4.69) is 10.3 Å². The molecule has 0 saturated heterocycles. The minimum atomic E-state index is 0.0198. The van der Waals surface area contributed by atoms with E-state index in [1.165, 1.54) is 0 Å². The highest BCUT2D eigenvalue weighted by Crippen LogP contribution is 2.08. The van der Waals surface area contributed by atoms with Gasteiger partial charge in [-0.1, -0.05) is 5.16 Å². The van der Waals surface area contributed by atoms with Crippen LogP contribution in [0.5, 0.6) is 0 Å².